The van der Waals surface area contributed by atoms with Gasteiger partial charge in [-0.1, -0.05) is 30.3 Å². The van der Waals surface area contributed by atoms with E-state index in [1.165, 1.54) is 24.9 Å². The predicted molar refractivity (Wildman–Crippen MR) is 169 cm³/mol. The Bertz CT molecular complexity index is 1760. The van der Waals surface area contributed by atoms with Crippen molar-refractivity contribution >= 4 is 5.91 Å². The molecule has 1 N–H and O–H groups in total. The number of alkyl halides is 3. The van der Waals surface area contributed by atoms with Crippen LogP contribution in [-0.4, -0.2) is 50.2 Å². The van der Waals surface area contributed by atoms with Crippen LogP contribution in [0.25, 0.3) is 0 Å². The number of benzene rings is 3. The normalized spacial score (nSPS) is 17.4. The highest BCUT2D eigenvalue weighted by Gasteiger charge is 2.36. The van der Waals surface area contributed by atoms with Gasteiger partial charge in [0.2, 0.25) is 11.8 Å². The van der Waals surface area contributed by atoms with Gasteiger partial charge in [-0.05, 0) is 89.9 Å². The minimum absolute atomic E-state index is 0.0504. The van der Waals surface area contributed by atoms with Gasteiger partial charge in [0, 0.05) is 18.8 Å². The first kappa shape index (κ1) is 32.2. The summed E-state index contributed by atoms with van der Waals surface area (Å²) in [5, 5.41) is 3.23. The molecule has 2 unspecified atom stereocenters. The van der Waals surface area contributed by atoms with Gasteiger partial charge < -0.3 is 24.3 Å². The van der Waals surface area contributed by atoms with Crippen LogP contribution in [0.3, 0.4) is 0 Å². The van der Waals surface area contributed by atoms with Crippen LogP contribution in [0.5, 0.6) is 28.9 Å². The van der Waals surface area contributed by atoms with Crippen LogP contribution in [-0.2, 0) is 30.2 Å². The number of amides is 1. The molecule has 0 saturated heterocycles. The summed E-state index contributed by atoms with van der Waals surface area (Å²) < 4.78 is 63.8. The first-order valence-electron chi connectivity index (χ1n) is 15.4. The fourth-order valence-electron chi connectivity index (χ4n) is 6.58. The molecule has 47 heavy (non-hydrogen) atoms. The summed E-state index contributed by atoms with van der Waals surface area (Å²) in [5.41, 5.74) is 4.11. The Hall–Kier alpha value is -4.77. The fourth-order valence-corrected chi connectivity index (χ4v) is 6.58. The third-order valence-electron chi connectivity index (χ3n) is 8.87. The number of carbonyl (C=O) groups excluding carboxylic acids is 1. The number of carbonyl (C=O) groups is 1. The monoisotopic (exact) mass is 647 g/mol. The molecule has 1 amide bonds. The molecule has 0 radical (unpaired) electrons. The average Bonchev–Trinajstić information content (AvgIpc) is 3.47. The lowest BCUT2D eigenvalue weighted by Crippen LogP contribution is -2.44. The molecule has 6 rings (SSSR count). The van der Waals surface area contributed by atoms with Gasteiger partial charge in [0.1, 0.15) is 5.56 Å². The van der Waals surface area contributed by atoms with Crippen molar-refractivity contribution in [1.82, 2.24) is 15.2 Å². The number of hydrogen-bond donors (Lipinski definition) is 1. The van der Waals surface area contributed by atoms with E-state index in [1.54, 1.807) is 26.4 Å². The molecule has 0 bridgehead atoms. The van der Waals surface area contributed by atoms with E-state index in [0.29, 0.717) is 36.6 Å². The lowest BCUT2D eigenvalue weighted by molar-refractivity contribution is -0.138. The van der Waals surface area contributed by atoms with Crippen LogP contribution >= 0.6 is 0 Å². The highest BCUT2D eigenvalue weighted by Crippen LogP contribution is 2.44. The summed E-state index contributed by atoms with van der Waals surface area (Å²) >= 11 is 0. The van der Waals surface area contributed by atoms with Gasteiger partial charge >= 0.3 is 6.18 Å². The molecule has 2 aliphatic rings. The maximum Gasteiger partial charge on any atom is 0.421 e. The van der Waals surface area contributed by atoms with E-state index in [2.05, 4.69) is 27.3 Å². The van der Waals surface area contributed by atoms with Crippen LogP contribution in [0.1, 0.15) is 51.9 Å². The SMILES string of the molecule is COc1ccc(CC2c3cc(Oc4ncccc4C(F)(F)F)c(OC)cc3CCN2CC(=O)NC2CCc3ccccc32)cc1OC. The topological polar surface area (TPSA) is 82.2 Å². The first-order chi connectivity index (χ1) is 22.7. The van der Waals surface area contributed by atoms with Crippen LogP contribution in [0.15, 0.2) is 72.9 Å². The summed E-state index contributed by atoms with van der Waals surface area (Å²) in [5.74, 6) is 0.878. The molecule has 1 aromatic heterocycles. The number of methoxy groups -OCH3 is 3. The summed E-state index contributed by atoms with van der Waals surface area (Å²) in [4.78, 5) is 19.5. The Morgan fingerprint density at radius 1 is 0.872 bits per heavy atom. The average molecular weight is 648 g/mol. The van der Waals surface area contributed by atoms with Crippen molar-refractivity contribution in [3.63, 3.8) is 0 Å². The third-order valence-corrected chi connectivity index (χ3v) is 8.87. The van der Waals surface area contributed by atoms with Crippen molar-refractivity contribution in [2.24, 2.45) is 0 Å². The second kappa shape index (κ2) is 13.5. The largest absolute Gasteiger partial charge is 0.493 e. The molecular formula is C36H36F3N3O5. The van der Waals surface area contributed by atoms with Gasteiger partial charge in [0.05, 0.1) is 33.9 Å². The van der Waals surface area contributed by atoms with Crippen LogP contribution in [0, 0.1) is 0 Å². The lowest BCUT2D eigenvalue weighted by Gasteiger charge is -2.38. The predicted octanol–water partition coefficient (Wildman–Crippen LogP) is 6.86. The fraction of sp³-hybridized carbons (Fsp3) is 0.333. The van der Waals surface area contributed by atoms with Crippen molar-refractivity contribution < 1.29 is 36.9 Å². The summed E-state index contributed by atoms with van der Waals surface area (Å²) in [6, 6.07) is 19.1. The highest BCUT2D eigenvalue weighted by atomic mass is 19.4. The standard InChI is InChI=1S/C36H36F3N3O5/c1-44-30-13-10-22(18-31(30)45-2)17-29-26-20-33(47-35-27(36(37,38)39)9-6-15-40-35)32(46-3)19-24(26)14-16-42(29)21-34(43)41-28-12-11-23-7-4-5-8-25(23)28/h4-10,13,15,18-20,28-29H,11-12,14,16-17,21H2,1-3H3,(H,41,43). The van der Waals surface area contributed by atoms with Crippen molar-refractivity contribution in [2.75, 3.05) is 34.4 Å². The summed E-state index contributed by atoms with van der Waals surface area (Å²) in [6.45, 7) is 0.720. The van der Waals surface area contributed by atoms with Gasteiger partial charge in [-0.2, -0.15) is 13.2 Å². The zero-order valence-electron chi connectivity index (χ0n) is 26.4. The minimum Gasteiger partial charge on any atom is -0.493 e. The van der Waals surface area contributed by atoms with Crippen molar-refractivity contribution in [3.05, 3.63) is 106 Å². The molecular weight excluding hydrogens is 611 g/mol. The molecule has 0 fully saturated rings. The van der Waals surface area contributed by atoms with E-state index in [9.17, 15) is 18.0 Å². The molecule has 2 heterocycles. The molecule has 0 spiro atoms. The van der Waals surface area contributed by atoms with E-state index in [0.717, 1.165) is 41.2 Å². The van der Waals surface area contributed by atoms with Crippen molar-refractivity contribution in [3.8, 4) is 28.9 Å². The minimum atomic E-state index is -4.66. The summed E-state index contributed by atoms with van der Waals surface area (Å²) in [7, 11) is 4.58. The quantitative estimate of drug-likeness (QED) is 0.201. The number of aryl methyl sites for hydroxylation is 1. The second-order valence-corrected chi connectivity index (χ2v) is 11.6. The van der Waals surface area contributed by atoms with Crippen LogP contribution in [0.4, 0.5) is 13.2 Å². The lowest BCUT2D eigenvalue weighted by atomic mass is 9.88. The number of ether oxygens (including phenoxy) is 4. The second-order valence-electron chi connectivity index (χ2n) is 11.6. The number of nitrogens with zero attached hydrogens (tertiary/aromatic N) is 2. The Kier molecular flexibility index (Phi) is 9.26. The maximum atomic E-state index is 13.8. The Morgan fingerprint density at radius 2 is 1.64 bits per heavy atom. The highest BCUT2D eigenvalue weighted by molar-refractivity contribution is 5.79. The molecule has 2 atom stereocenters. The van der Waals surface area contributed by atoms with E-state index >= 15 is 0 Å². The number of nitrogens with one attached hydrogen (secondary N) is 1. The van der Waals surface area contributed by atoms with E-state index in [4.69, 9.17) is 18.9 Å². The summed E-state index contributed by atoms with van der Waals surface area (Å²) in [6.07, 6.45) is -0.571. The zero-order valence-corrected chi connectivity index (χ0v) is 26.4. The number of hydrogen-bond acceptors (Lipinski definition) is 7. The number of aromatic nitrogens is 1. The first-order valence-corrected chi connectivity index (χ1v) is 15.4. The molecule has 246 valence electrons. The molecule has 1 aliphatic heterocycles. The molecule has 0 saturated carbocycles. The maximum absolute atomic E-state index is 13.8. The number of halogens is 3. The van der Waals surface area contributed by atoms with E-state index in [1.807, 2.05) is 30.3 Å². The molecule has 3 aromatic carbocycles. The van der Waals surface area contributed by atoms with Crippen molar-refractivity contribution in [1.29, 1.82) is 0 Å². The van der Waals surface area contributed by atoms with Gasteiger partial charge in [0.25, 0.3) is 0 Å². The number of pyridine rings is 1. The molecule has 8 nitrogen and oxygen atoms in total. The Morgan fingerprint density at radius 3 is 2.40 bits per heavy atom. The van der Waals surface area contributed by atoms with E-state index < -0.39 is 17.6 Å². The Balaban J connectivity index is 1.34. The smallest absolute Gasteiger partial charge is 0.421 e. The van der Waals surface area contributed by atoms with Gasteiger partial charge in [-0.3, -0.25) is 9.69 Å². The number of fused-ring (bicyclic) bond motifs is 2. The van der Waals surface area contributed by atoms with E-state index in [-0.39, 0.29) is 30.3 Å². The molecule has 11 heteroatoms. The molecule has 4 aromatic rings. The third kappa shape index (κ3) is 6.85. The van der Waals surface area contributed by atoms with Gasteiger partial charge in [0.15, 0.2) is 23.0 Å². The Labute approximate surface area is 271 Å². The van der Waals surface area contributed by atoms with Crippen LogP contribution < -0.4 is 24.3 Å². The number of rotatable bonds is 10. The van der Waals surface area contributed by atoms with Crippen LogP contribution in [0.2, 0.25) is 0 Å². The molecule has 1 aliphatic carbocycles. The van der Waals surface area contributed by atoms with Crippen molar-refractivity contribution in [2.45, 2.75) is 43.9 Å². The zero-order chi connectivity index (χ0) is 33.1. The van der Waals surface area contributed by atoms with Gasteiger partial charge in [-0.25, -0.2) is 4.98 Å². The van der Waals surface area contributed by atoms with Gasteiger partial charge in [-0.15, -0.1) is 0 Å².